The molecule has 0 aliphatic rings. The average molecular weight is 325 g/mol. The molecule has 0 atom stereocenters. The first-order chi connectivity index (χ1) is 11.3. The lowest BCUT2D eigenvalue weighted by molar-refractivity contribution is 0.102. The lowest BCUT2D eigenvalue weighted by Crippen LogP contribution is -2.02. The van der Waals surface area contributed by atoms with Gasteiger partial charge in [0.1, 0.15) is 5.75 Å². The van der Waals surface area contributed by atoms with Gasteiger partial charge in [-0.25, -0.2) is 4.98 Å². The second kappa shape index (κ2) is 7.11. The van der Waals surface area contributed by atoms with Gasteiger partial charge in [0.05, 0.1) is 12.9 Å². The lowest BCUT2D eigenvalue weighted by Gasteiger charge is -2.02. The molecule has 3 aromatic rings. The first-order valence-corrected chi connectivity index (χ1v) is 8.02. The molecule has 1 aromatic heterocycles. The third-order valence-electron chi connectivity index (χ3n) is 3.24. The first-order valence-electron chi connectivity index (χ1n) is 7.04. The van der Waals surface area contributed by atoms with Gasteiger partial charge >= 0.3 is 0 Å². The van der Waals surface area contributed by atoms with E-state index in [2.05, 4.69) is 15.2 Å². The third-order valence-corrected chi connectivity index (χ3v) is 4.08. The van der Waals surface area contributed by atoms with Crippen LogP contribution in [0.25, 0.3) is 11.4 Å². The zero-order chi connectivity index (χ0) is 16.1. The van der Waals surface area contributed by atoms with Gasteiger partial charge in [0.15, 0.2) is 11.6 Å². The van der Waals surface area contributed by atoms with Gasteiger partial charge in [-0.05, 0) is 12.1 Å². The number of hydrogen-bond acceptors (Lipinski definition) is 5. The van der Waals surface area contributed by atoms with E-state index >= 15 is 0 Å². The summed E-state index contributed by atoms with van der Waals surface area (Å²) in [5.41, 5.74) is 1.58. The maximum absolute atomic E-state index is 12.2. The Morgan fingerprint density at radius 2 is 2.00 bits per heavy atom. The highest BCUT2D eigenvalue weighted by molar-refractivity contribution is 7.99. The normalized spacial score (nSPS) is 10.5. The number of hydrogen-bond donors (Lipinski definition) is 1. The van der Waals surface area contributed by atoms with E-state index in [1.165, 1.54) is 11.8 Å². The fraction of sp³-hybridized carbons (Fsp3) is 0.118. The highest BCUT2D eigenvalue weighted by Gasteiger charge is 2.11. The summed E-state index contributed by atoms with van der Waals surface area (Å²) in [7, 11) is 1.58. The predicted molar refractivity (Wildman–Crippen MR) is 89.9 cm³/mol. The van der Waals surface area contributed by atoms with Gasteiger partial charge in [0.25, 0.3) is 0 Å². The highest BCUT2D eigenvalue weighted by atomic mass is 32.2. The van der Waals surface area contributed by atoms with Crippen LogP contribution in [0.2, 0.25) is 0 Å². The monoisotopic (exact) mass is 325 g/mol. The maximum Gasteiger partial charge on any atom is 0.209 e. The molecule has 0 radical (unpaired) electrons. The van der Waals surface area contributed by atoms with Gasteiger partial charge in [0.2, 0.25) is 5.16 Å². The molecular weight excluding hydrogens is 310 g/mol. The number of nitrogens with one attached hydrogen (secondary N) is 1. The van der Waals surface area contributed by atoms with Crippen LogP contribution in [0.5, 0.6) is 5.75 Å². The lowest BCUT2D eigenvalue weighted by atomic mass is 10.1. The van der Waals surface area contributed by atoms with E-state index < -0.39 is 0 Å². The zero-order valence-corrected chi connectivity index (χ0v) is 13.3. The Morgan fingerprint density at radius 1 is 1.17 bits per heavy atom. The number of nitrogens with zero attached hydrogens (tertiary/aromatic N) is 2. The molecule has 0 amide bonds. The summed E-state index contributed by atoms with van der Waals surface area (Å²) < 4.78 is 5.13. The van der Waals surface area contributed by atoms with Crippen LogP contribution in [0.4, 0.5) is 0 Å². The maximum atomic E-state index is 12.2. The van der Waals surface area contributed by atoms with E-state index in [-0.39, 0.29) is 11.5 Å². The van der Waals surface area contributed by atoms with Crippen molar-refractivity contribution in [3.05, 3.63) is 60.2 Å². The summed E-state index contributed by atoms with van der Waals surface area (Å²) in [5.74, 6) is 1.66. The van der Waals surface area contributed by atoms with Crippen molar-refractivity contribution < 1.29 is 9.53 Å². The molecule has 6 heteroatoms. The molecule has 1 heterocycles. The van der Waals surface area contributed by atoms with Crippen LogP contribution in [0, 0.1) is 0 Å². The number of ketones is 1. The predicted octanol–water partition coefficient (Wildman–Crippen LogP) is 3.46. The van der Waals surface area contributed by atoms with Crippen molar-refractivity contribution in [2.45, 2.75) is 5.16 Å². The van der Waals surface area contributed by atoms with Crippen LogP contribution >= 0.6 is 11.8 Å². The van der Waals surface area contributed by atoms with Crippen molar-refractivity contribution in [2.24, 2.45) is 0 Å². The van der Waals surface area contributed by atoms with Gasteiger partial charge in [-0.3, -0.25) is 9.89 Å². The number of aromatic amines is 1. The molecule has 0 unspecified atom stereocenters. The van der Waals surface area contributed by atoms with Crippen molar-refractivity contribution in [1.29, 1.82) is 0 Å². The van der Waals surface area contributed by atoms with E-state index in [0.717, 1.165) is 5.56 Å². The Balaban J connectivity index is 1.64. The van der Waals surface area contributed by atoms with Gasteiger partial charge in [0, 0.05) is 11.1 Å². The molecule has 1 N–H and O–H groups in total. The number of methoxy groups -OCH3 is 1. The Kier molecular flexibility index (Phi) is 4.73. The molecule has 2 aromatic carbocycles. The molecule has 0 saturated heterocycles. The molecular formula is C17H15N3O2S. The Bertz CT molecular complexity index is 802. The Labute approximate surface area is 138 Å². The smallest absolute Gasteiger partial charge is 0.209 e. The Morgan fingerprint density at radius 3 is 2.78 bits per heavy atom. The molecule has 0 fully saturated rings. The average Bonchev–Trinajstić information content (AvgIpc) is 3.09. The fourth-order valence-electron chi connectivity index (χ4n) is 2.05. The molecule has 23 heavy (non-hydrogen) atoms. The number of thioether (sulfide) groups is 1. The molecule has 0 aliphatic carbocycles. The minimum atomic E-state index is 0.0139. The Hall–Kier alpha value is -2.60. The SMILES string of the molecule is COc1cccc(C(=O)CSc2n[nH]c(-c3ccccc3)n2)c1. The molecule has 0 spiro atoms. The quantitative estimate of drug-likeness (QED) is 0.555. The third kappa shape index (κ3) is 3.78. The van der Waals surface area contributed by atoms with Crippen LogP contribution in [-0.2, 0) is 0 Å². The topological polar surface area (TPSA) is 67.9 Å². The van der Waals surface area contributed by atoms with Crippen molar-refractivity contribution >= 4 is 17.5 Å². The van der Waals surface area contributed by atoms with E-state index in [1.54, 1.807) is 25.3 Å². The molecule has 0 saturated carbocycles. The number of carbonyl (C=O) groups is 1. The largest absolute Gasteiger partial charge is 0.497 e. The van der Waals surface area contributed by atoms with Gasteiger partial charge in [-0.2, -0.15) is 0 Å². The number of aromatic nitrogens is 3. The van der Waals surface area contributed by atoms with Crippen molar-refractivity contribution in [3.63, 3.8) is 0 Å². The summed E-state index contributed by atoms with van der Waals surface area (Å²) in [4.78, 5) is 16.6. The molecule has 5 nitrogen and oxygen atoms in total. The van der Waals surface area contributed by atoms with Gasteiger partial charge in [-0.1, -0.05) is 54.2 Å². The summed E-state index contributed by atoms with van der Waals surface area (Å²) in [6, 6.07) is 16.9. The standard InChI is InChI=1S/C17H15N3O2S/c1-22-14-9-5-8-13(10-14)15(21)11-23-17-18-16(19-20-17)12-6-3-2-4-7-12/h2-10H,11H2,1H3,(H,18,19,20). The molecule has 0 aliphatic heterocycles. The number of ether oxygens (including phenoxy) is 1. The number of carbonyl (C=O) groups excluding carboxylic acids is 1. The van der Waals surface area contributed by atoms with Gasteiger partial charge in [-0.15, -0.1) is 5.10 Å². The summed E-state index contributed by atoms with van der Waals surface area (Å²) in [6.07, 6.45) is 0. The highest BCUT2D eigenvalue weighted by Crippen LogP contribution is 2.20. The van der Waals surface area contributed by atoms with Crippen LogP contribution in [0.15, 0.2) is 59.8 Å². The summed E-state index contributed by atoms with van der Waals surface area (Å²) >= 11 is 1.31. The zero-order valence-electron chi connectivity index (χ0n) is 12.5. The minimum Gasteiger partial charge on any atom is -0.497 e. The van der Waals surface area contributed by atoms with Crippen molar-refractivity contribution in [3.8, 4) is 17.1 Å². The van der Waals surface area contributed by atoms with Crippen LogP contribution in [0.1, 0.15) is 10.4 Å². The number of benzene rings is 2. The first kappa shape index (κ1) is 15.3. The van der Waals surface area contributed by atoms with Crippen LogP contribution < -0.4 is 4.74 Å². The second-order valence-electron chi connectivity index (χ2n) is 4.78. The second-order valence-corrected chi connectivity index (χ2v) is 5.72. The number of H-pyrrole nitrogens is 1. The molecule has 0 bridgehead atoms. The van der Waals surface area contributed by atoms with E-state index in [9.17, 15) is 4.79 Å². The van der Waals surface area contributed by atoms with E-state index in [1.807, 2.05) is 36.4 Å². The molecule has 3 rings (SSSR count). The van der Waals surface area contributed by atoms with Crippen LogP contribution in [-0.4, -0.2) is 33.8 Å². The summed E-state index contributed by atoms with van der Waals surface area (Å²) in [6.45, 7) is 0. The van der Waals surface area contributed by atoms with E-state index in [0.29, 0.717) is 22.3 Å². The van der Waals surface area contributed by atoms with Crippen molar-refractivity contribution in [1.82, 2.24) is 15.2 Å². The van der Waals surface area contributed by atoms with Gasteiger partial charge < -0.3 is 4.74 Å². The number of rotatable bonds is 6. The number of Topliss-reactive ketones (excluding diaryl/α,β-unsaturated/α-hetero) is 1. The van der Waals surface area contributed by atoms with Crippen LogP contribution in [0.3, 0.4) is 0 Å². The summed E-state index contributed by atoms with van der Waals surface area (Å²) in [5, 5.41) is 7.59. The van der Waals surface area contributed by atoms with Crippen molar-refractivity contribution in [2.75, 3.05) is 12.9 Å². The minimum absolute atomic E-state index is 0.0139. The fourth-order valence-corrected chi connectivity index (χ4v) is 2.74. The molecule has 116 valence electrons. The van der Waals surface area contributed by atoms with E-state index in [4.69, 9.17) is 4.74 Å².